The largest absolute Gasteiger partial charge is 0.494 e. The Balaban J connectivity index is 0.00000288. The van der Waals surface area contributed by atoms with Crippen molar-refractivity contribution < 1.29 is 14.3 Å². The summed E-state index contributed by atoms with van der Waals surface area (Å²) in [6.07, 6.45) is 3.41. The molecule has 0 aliphatic carbocycles. The third-order valence-electron chi connectivity index (χ3n) is 4.20. The van der Waals surface area contributed by atoms with Crippen molar-refractivity contribution in [2.24, 2.45) is 0 Å². The van der Waals surface area contributed by atoms with Crippen LogP contribution in [-0.4, -0.2) is 49.4 Å². The zero-order chi connectivity index (χ0) is 16.7. The Kier molecular flexibility index (Phi) is 8.79. The van der Waals surface area contributed by atoms with Crippen LogP contribution in [0, 0.1) is 0 Å². The Morgan fingerprint density at radius 2 is 2.00 bits per heavy atom. The number of hydrogen-bond acceptors (Lipinski definition) is 4. The predicted octanol–water partition coefficient (Wildman–Crippen LogP) is 2.68. The first-order valence-electron chi connectivity index (χ1n) is 8.29. The first-order valence-corrected chi connectivity index (χ1v) is 8.29. The molecule has 5 nitrogen and oxygen atoms in total. The lowest BCUT2D eigenvalue weighted by molar-refractivity contribution is -0.132. The summed E-state index contributed by atoms with van der Waals surface area (Å²) in [6.45, 7) is 3.79. The minimum atomic E-state index is 0. The summed E-state index contributed by atoms with van der Waals surface area (Å²) in [5.74, 6) is 0.999. The van der Waals surface area contributed by atoms with Gasteiger partial charge in [-0.05, 0) is 57.5 Å². The molecule has 0 aromatic heterocycles. The number of benzene rings is 1. The summed E-state index contributed by atoms with van der Waals surface area (Å²) >= 11 is 0. The highest BCUT2D eigenvalue weighted by Gasteiger charge is 2.27. The number of carbonyl (C=O) groups excluding carboxylic acids is 2. The van der Waals surface area contributed by atoms with Crippen LogP contribution in [0.4, 0.5) is 0 Å². The second-order valence-electron chi connectivity index (χ2n) is 5.97. The van der Waals surface area contributed by atoms with Crippen LogP contribution in [0.5, 0.6) is 5.75 Å². The fourth-order valence-electron chi connectivity index (χ4n) is 2.95. The standard InChI is InChI=1S/C18H26N2O3.ClH/c1-14(21)15-7-9-17(10-8-15)23-12-4-6-18(22)20-11-3-5-16(20)13-19-2;/h7-10,16,19H,3-6,11-13H2,1-2H3;1H. The fraction of sp³-hybridized carbons (Fsp3) is 0.556. The number of Topliss-reactive ketones (excluding diaryl/α,β-unsaturated/α-hetero) is 1. The van der Waals surface area contributed by atoms with Gasteiger partial charge >= 0.3 is 0 Å². The Morgan fingerprint density at radius 3 is 2.62 bits per heavy atom. The van der Waals surface area contributed by atoms with Gasteiger partial charge in [0.25, 0.3) is 0 Å². The number of hydrogen-bond donors (Lipinski definition) is 1. The van der Waals surface area contributed by atoms with Gasteiger partial charge in [0.05, 0.1) is 6.61 Å². The van der Waals surface area contributed by atoms with Crippen molar-refractivity contribution in [1.29, 1.82) is 0 Å². The van der Waals surface area contributed by atoms with Crippen LogP contribution in [-0.2, 0) is 4.79 Å². The lowest BCUT2D eigenvalue weighted by Gasteiger charge is -2.24. The molecule has 24 heavy (non-hydrogen) atoms. The maximum atomic E-state index is 12.3. The molecule has 1 saturated heterocycles. The highest BCUT2D eigenvalue weighted by Crippen LogP contribution is 2.18. The number of amides is 1. The summed E-state index contributed by atoms with van der Waals surface area (Å²) in [4.78, 5) is 25.5. The molecule has 1 amide bonds. The van der Waals surface area contributed by atoms with Gasteiger partial charge in [-0.15, -0.1) is 12.4 Å². The maximum Gasteiger partial charge on any atom is 0.222 e. The quantitative estimate of drug-likeness (QED) is 0.576. The topological polar surface area (TPSA) is 58.6 Å². The molecule has 0 spiro atoms. The van der Waals surface area contributed by atoms with Gasteiger partial charge < -0.3 is 15.0 Å². The highest BCUT2D eigenvalue weighted by molar-refractivity contribution is 5.94. The molecule has 1 atom stereocenters. The molecular formula is C18H27ClN2O3. The van der Waals surface area contributed by atoms with Crippen LogP contribution >= 0.6 is 12.4 Å². The molecule has 1 N–H and O–H groups in total. The maximum absolute atomic E-state index is 12.3. The van der Waals surface area contributed by atoms with E-state index in [0.29, 0.717) is 31.1 Å². The molecule has 0 radical (unpaired) electrons. The number of halogens is 1. The van der Waals surface area contributed by atoms with Crippen LogP contribution in [0.15, 0.2) is 24.3 Å². The first kappa shape index (κ1) is 20.5. The molecule has 1 fully saturated rings. The van der Waals surface area contributed by atoms with Gasteiger partial charge in [0.1, 0.15) is 5.75 Å². The summed E-state index contributed by atoms with van der Waals surface area (Å²) in [5, 5.41) is 3.15. The van der Waals surface area contributed by atoms with Crippen molar-refractivity contribution in [1.82, 2.24) is 10.2 Å². The molecular weight excluding hydrogens is 328 g/mol. The van der Waals surface area contributed by atoms with Gasteiger partial charge in [-0.25, -0.2) is 0 Å². The summed E-state index contributed by atoms with van der Waals surface area (Å²) in [7, 11) is 1.92. The molecule has 1 aliphatic heterocycles. The highest BCUT2D eigenvalue weighted by atomic mass is 35.5. The van der Waals surface area contributed by atoms with Gasteiger partial charge in [0, 0.05) is 31.1 Å². The second-order valence-corrected chi connectivity index (χ2v) is 5.97. The van der Waals surface area contributed by atoms with E-state index >= 15 is 0 Å². The van der Waals surface area contributed by atoms with Crippen molar-refractivity contribution >= 4 is 24.1 Å². The molecule has 2 rings (SSSR count). The summed E-state index contributed by atoms with van der Waals surface area (Å²) in [6, 6.07) is 7.45. The normalized spacial score (nSPS) is 16.6. The molecule has 1 aliphatic rings. The van der Waals surface area contributed by atoms with Gasteiger partial charge in [0.2, 0.25) is 5.91 Å². The van der Waals surface area contributed by atoms with E-state index in [9.17, 15) is 9.59 Å². The zero-order valence-corrected chi connectivity index (χ0v) is 15.2. The van der Waals surface area contributed by atoms with Crippen LogP contribution in [0.2, 0.25) is 0 Å². The minimum Gasteiger partial charge on any atom is -0.494 e. The van der Waals surface area contributed by atoms with Gasteiger partial charge in [-0.3, -0.25) is 9.59 Å². The molecule has 134 valence electrons. The number of nitrogens with one attached hydrogen (secondary N) is 1. The van der Waals surface area contributed by atoms with Crippen molar-refractivity contribution in [2.75, 3.05) is 26.7 Å². The Labute approximate surface area is 150 Å². The molecule has 0 saturated carbocycles. The number of rotatable bonds is 8. The lowest BCUT2D eigenvalue weighted by atomic mass is 10.1. The van der Waals surface area contributed by atoms with Crippen LogP contribution < -0.4 is 10.1 Å². The molecule has 0 bridgehead atoms. The lowest BCUT2D eigenvalue weighted by Crippen LogP contribution is -2.40. The van der Waals surface area contributed by atoms with Crippen molar-refractivity contribution in [3.8, 4) is 5.75 Å². The van der Waals surface area contributed by atoms with Crippen LogP contribution in [0.1, 0.15) is 43.0 Å². The molecule has 1 aromatic rings. The number of ketones is 1. The van der Waals surface area contributed by atoms with Crippen molar-refractivity contribution in [2.45, 2.75) is 38.6 Å². The third-order valence-corrected chi connectivity index (χ3v) is 4.20. The average Bonchev–Trinajstić information content (AvgIpc) is 3.00. The first-order chi connectivity index (χ1) is 11.1. The average molecular weight is 355 g/mol. The second kappa shape index (κ2) is 10.3. The predicted molar refractivity (Wildman–Crippen MR) is 97.1 cm³/mol. The number of carbonyl (C=O) groups is 2. The molecule has 1 unspecified atom stereocenters. The fourth-order valence-corrected chi connectivity index (χ4v) is 2.95. The zero-order valence-electron chi connectivity index (χ0n) is 14.4. The van der Waals surface area contributed by atoms with Crippen molar-refractivity contribution in [3.63, 3.8) is 0 Å². The molecule has 1 heterocycles. The number of nitrogens with zero attached hydrogens (tertiary/aromatic N) is 1. The SMILES string of the molecule is CNCC1CCCN1C(=O)CCCOc1ccc(C(C)=O)cc1.Cl. The van der Waals surface area contributed by atoms with E-state index in [1.165, 1.54) is 0 Å². The minimum absolute atomic E-state index is 0. The Morgan fingerprint density at radius 1 is 1.29 bits per heavy atom. The molecule has 6 heteroatoms. The monoisotopic (exact) mass is 354 g/mol. The van der Waals surface area contributed by atoms with E-state index in [4.69, 9.17) is 4.74 Å². The molecule has 1 aromatic carbocycles. The van der Waals surface area contributed by atoms with Crippen LogP contribution in [0.25, 0.3) is 0 Å². The van der Waals surface area contributed by atoms with Crippen LogP contribution in [0.3, 0.4) is 0 Å². The third kappa shape index (κ3) is 5.80. The van der Waals surface area contributed by atoms with E-state index in [-0.39, 0.29) is 24.1 Å². The number of likely N-dealkylation sites (tertiary alicyclic amines) is 1. The summed E-state index contributed by atoms with van der Waals surface area (Å²) in [5.41, 5.74) is 0.678. The van der Waals surface area contributed by atoms with Gasteiger partial charge in [-0.2, -0.15) is 0 Å². The van der Waals surface area contributed by atoms with E-state index in [1.807, 2.05) is 11.9 Å². The van der Waals surface area contributed by atoms with Crippen molar-refractivity contribution in [3.05, 3.63) is 29.8 Å². The van der Waals surface area contributed by atoms with Gasteiger partial charge in [-0.1, -0.05) is 0 Å². The van der Waals surface area contributed by atoms with E-state index in [1.54, 1.807) is 31.2 Å². The Hall–Kier alpha value is -1.59. The Bertz CT molecular complexity index is 534. The van der Waals surface area contributed by atoms with Gasteiger partial charge in [0.15, 0.2) is 5.78 Å². The van der Waals surface area contributed by atoms with E-state index < -0.39 is 0 Å². The number of likely N-dealkylation sites (N-methyl/N-ethyl adjacent to an activating group) is 1. The summed E-state index contributed by atoms with van der Waals surface area (Å²) < 4.78 is 5.63. The van der Waals surface area contributed by atoms with E-state index in [0.717, 1.165) is 31.7 Å². The smallest absolute Gasteiger partial charge is 0.222 e. The number of ether oxygens (including phenoxy) is 1. The van der Waals surface area contributed by atoms with E-state index in [2.05, 4.69) is 5.32 Å².